The van der Waals surface area contributed by atoms with E-state index in [2.05, 4.69) is 31.2 Å². The average molecular weight is 454 g/mol. The molecule has 0 saturated heterocycles. The Bertz CT molecular complexity index is 729. The van der Waals surface area contributed by atoms with Crippen molar-refractivity contribution in [1.29, 1.82) is 0 Å². The van der Waals surface area contributed by atoms with Crippen molar-refractivity contribution in [2.75, 3.05) is 0 Å². The van der Waals surface area contributed by atoms with Gasteiger partial charge in [-0.15, -0.1) is 0 Å². The van der Waals surface area contributed by atoms with Gasteiger partial charge >= 0.3 is 5.97 Å². The normalized spacial score (nSPS) is 13.7. The molecule has 3 heteroatoms. The first-order valence-corrected chi connectivity index (χ1v) is 13.3. The SMILES string of the molecule is CC.CCCCCCCCc1ccc(-c2ccc(C(=O)O)cc2)cc1.NC1CCCCCC1. The molecule has 1 aliphatic carbocycles. The zero-order chi connectivity index (χ0) is 24.3. The van der Waals surface area contributed by atoms with Crippen LogP contribution >= 0.6 is 0 Å². The monoisotopic (exact) mass is 453 g/mol. The fourth-order valence-electron chi connectivity index (χ4n) is 4.09. The number of hydrogen-bond donors (Lipinski definition) is 2. The number of benzene rings is 2. The lowest BCUT2D eigenvalue weighted by Crippen LogP contribution is -2.17. The van der Waals surface area contributed by atoms with Gasteiger partial charge in [-0.05, 0) is 54.5 Å². The second-order valence-electron chi connectivity index (χ2n) is 8.85. The van der Waals surface area contributed by atoms with E-state index in [1.54, 1.807) is 12.1 Å². The van der Waals surface area contributed by atoms with E-state index in [1.165, 1.54) is 82.6 Å². The molecule has 3 N–H and O–H groups in total. The second-order valence-corrected chi connectivity index (χ2v) is 8.85. The summed E-state index contributed by atoms with van der Waals surface area (Å²) in [5.74, 6) is -0.883. The van der Waals surface area contributed by atoms with Crippen LogP contribution in [-0.4, -0.2) is 17.1 Å². The molecule has 0 radical (unpaired) electrons. The van der Waals surface area contributed by atoms with Crippen LogP contribution in [0.4, 0.5) is 0 Å². The summed E-state index contributed by atoms with van der Waals surface area (Å²) in [6.45, 7) is 6.25. The van der Waals surface area contributed by atoms with Crippen LogP contribution in [0, 0.1) is 0 Å². The Morgan fingerprint density at radius 3 is 1.79 bits per heavy atom. The Labute approximate surface area is 202 Å². The number of carboxylic acids is 1. The Morgan fingerprint density at radius 2 is 1.27 bits per heavy atom. The van der Waals surface area contributed by atoms with Gasteiger partial charge < -0.3 is 10.8 Å². The molecule has 33 heavy (non-hydrogen) atoms. The molecule has 0 bridgehead atoms. The summed E-state index contributed by atoms with van der Waals surface area (Å²) < 4.78 is 0. The summed E-state index contributed by atoms with van der Waals surface area (Å²) >= 11 is 0. The third kappa shape index (κ3) is 12.6. The standard InChI is InChI=1S/C21H26O2.C7H15N.C2H6/c1-2-3-4-5-6-7-8-17-9-11-18(12-10-17)19-13-15-20(16-14-19)21(22)23;8-7-5-3-1-2-4-6-7;1-2/h9-16H,2-8H2,1H3,(H,22,23);7H,1-6,8H2;1-2H3. The van der Waals surface area contributed by atoms with E-state index in [0.717, 1.165) is 17.5 Å². The van der Waals surface area contributed by atoms with E-state index in [-0.39, 0.29) is 0 Å². The zero-order valence-electron chi connectivity index (χ0n) is 21.3. The molecular weight excluding hydrogens is 406 g/mol. The molecule has 0 unspecified atom stereocenters. The highest BCUT2D eigenvalue weighted by Gasteiger charge is 2.05. The van der Waals surface area contributed by atoms with Crippen LogP contribution in [0.1, 0.15) is 114 Å². The molecule has 3 nitrogen and oxygen atoms in total. The number of carbonyl (C=O) groups is 1. The third-order valence-electron chi connectivity index (χ3n) is 6.14. The maximum atomic E-state index is 10.9. The first-order chi connectivity index (χ1) is 16.1. The fourth-order valence-corrected chi connectivity index (χ4v) is 4.09. The highest BCUT2D eigenvalue weighted by molar-refractivity contribution is 5.88. The molecular formula is C30H47NO2. The van der Waals surface area contributed by atoms with Gasteiger partial charge in [0.1, 0.15) is 0 Å². The molecule has 1 aliphatic rings. The van der Waals surface area contributed by atoms with Gasteiger partial charge in [-0.25, -0.2) is 4.79 Å². The number of aromatic carboxylic acids is 1. The molecule has 2 aromatic carbocycles. The number of hydrogen-bond acceptors (Lipinski definition) is 2. The largest absolute Gasteiger partial charge is 0.478 e. The van der Waals surface area contributed by atoms with Crippen LogP contribution in [0.2, 0.25) is 0 Å². The Hall–Kier alpha value is -2.13. The van der Waals surface area contributed by atoms with Crippen molar-refractivity contribution in [1.82, 2.24) is 0 Å². The quantitative estimate of drug-likeness (QED) is 0.295. The maximum absolute atomic E-state index is 10.9. The fraction of sp³-hybridized carbons (Fsp3) is 0.567. The van der Waals surface area contributed by atoms with Crippen molar-refractivity contribution in [2.45, 2.75) is 110 Å². The number of rotatable bonds is 9. The van der Waals surface area contributed by atoms with E-state index in [4.69, 9.17) is 10.8 Å². The van der Waals surface area contributed by atoms with Crippen molar-refractivity contribution < 1.29 is 9.90 Å². The van der Waals surface area contributed by atoms with Gasteiger partial charge in [0.05, 0.1) is 5.56 Å². The van der Waals surface area contributed by atoms with Crippen LogP contribution in [0.3, 0.4) is 0 Å². The summed E-state index contributed by atoms with van der Waals surface area (Å²) in [6, 6.07) is 16.2. The summed E-state index contributed by atoms with van der Waals surface area (Å²) in [4.78, 5) is 10.9. The van der Waals surface area contributed by atoms with Gasteiger partial charge in [-0.3, -0.25) is 0 Å². The van der Waals surface area contributed by atoms with Gasteiger partial charge in [-0.2, -0.15) is 0 Å². The van der Waals surface area contributed by atoms with Crippen molar-refractivity contribution in [2.24, 2.45) is 5.73 Å². The summed E-state index contributed by atoms with van der Waals surface area (Å²) in [6.07, 6.45) is 17.2. The first kappa shape index (κ1) is 28.9. The lowest BCUT2D eigenvalue weighted by molar-refractivity contribution is 0.0697. The average Bonchev–Trinajstić information content (AvgIpc) is 3.11. The molecule has 3 rings (SSSR count). The summed E-state index contributed by atoms with van der Waals surface area (Å²) in [5, 5.41) is 8.93. The van der Waals surface area contributed by atoms with Gasteiger partial charge in [-0.1, -0.05) is 115 Å². The molecule has 1 fully saturated rings. The molecule has 0 aliphatic heterocycles. The second kappa shape index (κ2) is 18.3. The van der Waals surface area contributed by atoms with Gasteiger partial charge in [0.2, 0.25) is 0 Å². The number of unbranched alkanes of at least 4 members (excludes halogenated alkanes) is 5. The number of aryl methyl sites for hydroxylation is 1. The van der Waals surface area contributed by atoms with Crippen LogP contribution in [0.25, 0.3) is 11.1 Å². The summed E-state index contributed by atoms with van der Waals surface area (Å²) in [7, 11) is 0. The molecule has 0 amide bonds. The minimum atomic E-state index is -0.883. The van der Waals surface area contributed by atoms with Crippen molar-refractivity contribution in [3.05, 3.63) is 59.7 Å². The Kier molecular flexibility index (Phi) is 16.0. The van der Waals surface area contributed by atoms with Crippen LogP contribution in [-0.2, 0) is 6.42 Å². The molecule has 1 saturated carbocycles. The highest BCUT2D eigenvalue weighted by Crippen LogP contribution is 2.21. The van der Waals surface area contributed by atoms with Crippen molar-refractivity contribution in [3.63, 3.8) is 0 Å². The third-order valence-corrected chi connectivity index (χ3v) is 6.14. The smallest absolute Gasteiger partial charge is 0.335 e. The van der Waals surface area contributed by atoms with Gasteiger partial charge in [0.15, 0.2) is 0 Å². The van der Waals surface area contributed by atoms with Crippen LogP contribution in [0.15, 0.2) is 48.5 Å². The topological polar surface area (TPSA) is 63.3 Å². The molecule has 2 aromatic rings. The van der Waals surface area contributed by atoms with E-state index in [0.29, 0.717) is 11.6 Å². The van der Waals surface area contributed by atoms with Crippen LogP contribution in [0.5, 0.6) is 0 Å². The van der Waals surface area contributed by atoms with Crippen molar-refractivity contribution in [3.8, 4) is 11.1 Å². The molecule has 0 spiro atoms. The Balaban J connectivity index is 0.000000454. The minimum Gasteiger partial charge on any atom is -0.478 e. The van der Waals surface area contributed by atoms with E-state index < -0.39 is 5.97 Å². The number of nitrogens with two attached hydrogens (primary N) is 1. The Morgan fingerprint density at radius 1 is 0.788 bits per heavy atom. The van der Waals surface area contributed by atoms with Crippen molar-refractivity contribution >= 4 is 5.97 Å². The predicted octanol–water partition coefficient (Wildman–Crippen LogP) is 8.65. The van der Waals surface area contributed by atoms with Gasteiger partial charge in [0, 0.05) is 6.04 Å². The molecule has 0 heterocycles. The maximum Gasteiger partial charge on any atom is 0.335 e. The van der Waals surface area contributed by atoms with E-state index in [1.807, 2.05) is 26.0 Å². The molecule has 184 valence electrons. The number of carboxylic acid groups (broad SMARTS) is 1. The molecule has 0 atom stereocenters. The predicted molar refractivity (Wildman–Crippen MR) is 143 cm³/mol. The molecule has 0 aromatic heterocycles. The lowest BCUT2D eigenvalue weighted by Gasteiger charge is -2.05. The first-order valence-electron chi connectivity index (χ1n) is 13.3. The van der Waals surface area contributed by atoms with E-state index >= 15 is 0 Å². The van der Waals surface area contributed by atoms with Crippen LogP contribution < -0.4 is 5.73 Å². The zero-order valence-corrected chi connectivity index (χ0v) is 21.3. The highest BCUT2D eigenvalue weighted by atomic mass is 16.4. The lowest BCUT2D eigenvalue weighted by atomic mass is 10.00. The summed E-state index contributed by atoms with van der Waals surface area (Å²) in [5.41, 5.74) is 9.63. The van der Waals surface area contributed by atoms with Gasteiger partial charge in [0.25, 0.3) is 0 Å². The van der Waals surface area contributed by atoms with E-state index in [9.17, 15) is 4.79 Å². The minimum absolute atomic E-state index is 0.327.